The summed E-state index contributed by atoms with van der Waals surface area (Å²) in [6.45, 7) is 6.12. The molecule has 5 nitrogen and oxygen atoms in total. The molecule has 1 fully saturated rings. The van der Waals surface area contributed by atoms with E-state index >= 15 is 0 Å². The Morgan fingerprint density at radius 1 is 1.11 bits per heavy atom. The molecule has 27 heavy (non-hydrogen) atoms. The maximum Gasteiger partial charge on any atom is 0.275 e. The van der Waals surface area contributed by atoms with E-state index in [1.165, 1.54) is 10.5 Å². The van der Waals surface area contributed by atoms with Crippen LogP contribution in [0.3, 0.4) is 0 Å². The maximum atomic E-state index is 12.6. The number of phenols is 1. The Kier molecular flexibility index (Phi) is 6.71. The van der Waals surface area contributed by atoms with Crippen molar-refractivity contribution < 1.29 is 14.8 Å². The quantitative estimate of drug-likeness (QED) is 0.698. The van der Waals surface area contributed by atoms with E-state index in [4.69, 9.17) is 0 Å². The van der Waals surface area contributed by atoms with Crippen LogP contribution in [0.2, 0.25) is 0 Å². The van der Waals surface area contributed by atoms with Crippen LogP contribution >= 0.6 is 0 Å². The van der Waals surface area contributed by atoms with E-state index in [1.54, 1.807) is 6.07 Å². The molecule has 1 amide bonds. The molecule has 0 aliphatic carbocycles. The van der Waals surface area contributed by atoms with Crippen LogP contribution in [0.25, 0.3) is 0 Å². The molecule has 0 radical (unpaired) electrons. The molecule has 1 saturated heterocycles. The van der Waals surface area contributed by atoms with Crippen molar-refractivity contribution in [1.29, 1.82) is 0 Å². The molecule has 1 heterocycles. The number of amides is 1. The summed E-state index contributed by atoms with van der Waals surface area (Å²) >= 11 is 0. The largest absolute Gasteiger partial charge is 0.506 e. The molecule has 2 aromatic rings. The molecular formula is C22H30N3O2+. The van der Waals surface area contributed by atoms with Crippen molar-refractivity contribution in [3.05, 3.63) is 60.2 Å². The Hall–Kier alpha value is -2.53. The number of nitrogens with zero attached hydrogens (tertiary/aromatic N) is 1. The van der Waals surface area contributed by atoms with Crippen LogP contribution in [0.1, 0.15) is 31.4 Å². The molecule has 5 heteroatoms. The Labute approximate surface area is 161 Å². The number of benzene rings is 2. The van der Waals surface area contributed by atoms with E-state index in [0.717, 1.165) is 44.7 Å². The minimum absolute atomic E-state index is 0.0886. The van der Waals surface area contributed by atoms with Crippen LogP contribution < -0.4 is 15.1 Å². The summed E-state index contributed by atoms with van der Waals surface area (Å²) in [5.41, 5.74) is 2.06. The first-order valence-corrected chi connectivity index (χ1v) is 9.88. The van der Waals surface area contributed by atoms with E-state index in [2.05, 4.69) is 29.3 Å². The summed E-state index contributed by atoms with van der Waals surface area (Å²) in [7, 11) is 0. The second kappa shape index (κ2) is 9.42. The lowest BCUT2D eigenvalue weighted by Gasteiger charge is -2.33. The zero-order valence-corrected chi connectivity index (χ0v) is 16.0. The summed E-state index contributed by atoms with van der Waals surface area (Å²) in [4.78, 5) is 16.1. The number of anilines is 1. The number of carbonyl (C=O) groups is 1. The molecule has 1 atom stereocenters. The Morgan fingerprint density at radius 3 is 2.44 bits per heavy atom. The number of hydrogen-bond acceptors (Lipinski definition) is 3. The van der Waals surface area contributed by atoms with Gasteiger partial charge in [-0.1, -0.05) is 55.8 Å². The second-order valence-electron chi connectivity index (χ2n) is 7.22. The maximum absolute atomic E-state index is 12.6. The molecule has 0 spiro atoms. The lowest BCUT2D eigenvalue weighted by molar-refractivity contribution is -0.892. The van der Waals surface area contributed by atoms with Crippen LogP contribution in [0.15, 0.2) is 54.6 Å². The van der Waals surface area contributed by atoms with Gasteiger partial charge in [0.05, 0.1) is 37.9 Å². The highest BCUT2D eigenvalue weighted by molar-refractivity contribution is 5.77. The molecule has 3 N–H and O–H groups in total. The third-order valence-corrected chi connectivity index (χ3v) is 5.22. The molecule has 0 saturated carbocycles. The third-order valence-electron chi connectivity index (χ3n) is 5.22. The van der Waals surface area contributed by atoms with Crippen LogP contribution in [-0.2, 0) is 4.79 Å². The molecule has 2 aromatic carbocycles. The van der Waals surface area contributed by atoms with E-state index in [0.29, 0.717) is 12.3 Å². The Morgan fingerprint density at radius 2 is 1.78 bits per heavy atom. The highest BCUT2D eigenvalue weighted by Crippen LogP contribution is 2.26. The summed E-state index contributed by atoms with van der Waals surface area (Å²) in [6, 6.07) is 17.7. The van der Waals surface area contributed by atoms with Gasteiger partial charge in [-0.2, -0.15) is 0 Å². The Bertz CT molecular complexity index is 727. The van der Waals surface area contributed by atoms with Crippen molar-refractivity contribution in [2.75, 3.05) is 37.6 Å². The molecule has 0 bridgehead atoms. The fourth-order valence-corrected chi connectivity index (χ4v) is 3.74. The number of piperazine rings is 1. The van der Waals surface area contributed by atoms with Crippen molar-refractivity contribution in [2.45, 2.75) is 25.8 Å². The van der Waals surface area contributed by atoms with Gasteiger partial charge in [-0.05, 0) is 24.1 Å². The monoisotopic (exact) mass is 368 g/mol. The van der Waals surface area contributed by atoms with Crippen molar-refractivity contribution in [2.24, 2.45) is 0 Å². The van der Waals surface area contributed by atoms with Gasteiger partial charge in [0.15, 0.2) is 6.54 Å². The van der Waals surface area contributed by atoms with E-state index in [1.807, 2.05) is 36.4 Å². The van der Waals surface area contributed by atoms with Crippen molar-refractivity contribution in [3.63, 3.8) is 0 Å². The standard InChI is InChI=1S/C22H29N3O2/c1-2-8-19(18-9-4-3-5-10-18)23-22(27)17-24-13-15-25(16-14-24)20-11-6-7-12-21(20)26/h3-7,9-12,19,26H,2,8,13-17H2,1H3,(H,23,27)/p+1/t19-/m1/s1. The average Bonchev–Trinajstić information content (AvgIpc) is 2.69. The predicted molar refractivity (Wildman–Crippen MR) is 108 cm³/mol. The number of nitrogens with one attached hydrogen (secondary N) is 2. The molecule has 1 aliphatic heterocycles. The topological polar surface area (TPSA) is 57.0 Å². The number of carbonyl (C=O) groups excluding carboxylic acids is 1. The number of rotatable bonds is 7. The lowest BCUT2D eigenvalue weighted by atomic mass is 10.0. The fraction of sp³-hybridized carbons (Fsp3) is 0.409. The fourth-order valence-electron chi connectivity index (χ4n) is 3.74. The highest BCUT2D eigenvalue weighted by Gasteiger charge is 2.24. The summed E-state index contributed by atoms with van der Waals surface area (Å²) in [5, 5.41) is 13.2. The van der Waals surface area contributed by atoms with Gasteiger partial charge in [-0.3, -0.25) is 4.79 Å². The first kappa shape index (κ1) is 19.2. The minimum Gasteiger partial charge on any atom is -0.506 e. The van der Waals surface area contributed by atoms with Crippen molar-refractivity contribution in [3.8, 4) is 5.75 Å². The zero-order valence-electron chi connectivity index (χ0n) is 16.0. The van der Waals surface area contributed by atoms with Crippen LogP contribution in [-0.4, -0.2) is 43.7 Å². The van der Waals surface area contributed by atoms with Gasteiger partial charge in [0, 0.05) is 0 Å². The van der Waals surface area contributed by atoms with Crippen LogP contribution in [0.4, 0.5) is 5.69 Å². The number of aromatic hydroxyl groups is 1. The van der Waals surface area contributed by atoms with E-state index in [9.17, 15) is 9.90 Å². The number of hydrogen-bond donors (Lipinski definition) is 3. The summed E-state index contributed by atoms with van der Waals surface area (Å²) in [6.07, 6.45) is 1.98. The van der Waals surface area contributed by atoms with Gasteiger partial charge in [-0.15, -0.1) is 0 Å². The SMILES string of the molecule is CCC[C@@H](NC(=O)C[NH+]1CCN(c2ccccc2O)CC1)c1ccccc1. The summed E-state index contributed by atoms with van der Waals surface area (Å²) in [5.74, 6) is 0.437. The van der Waals surface area contributed by atoms with Gasteiger partial charge in [-0.25, -0.2) is 0 Å². The smallest absolute Gasteiger partial charge is 0.275 e. The van der Waals surface area contributed by atoms with Gasteiger partial charge >= 0.3 is 0 Å². The zero-order chi connectivity index (χ0) is 19.1. The van der Waals surface area contributed by atoms with Gasteiger partial charge < -0.3 is 20.2 Å². The van der Waals surface area contributed by atoms with Crippen molar-refractivity contribution >= 4 is 11.6 Å². The molecule has 144 valence electrons. The highest BCUT2D eigenvalue weighted by atomic mass is 16.3. The molecule has 0 aromatic heterocycles. The van der Waals surface area contributed by atoms with Crippen LogP contribution in [0, 0.1) is 0 Å². The Balaban J connectivity index is 1.51. The lowest BCUT2D eigenvalue weighted by Crippen LogP contribution is -3.16. The number of quaternary nitrogens is 1. The van der Waals surface area contributed by atoms with Crippen LogP contribution in [0.5, 0.6) is 5.75 Å². The second-order valence-corrected chi connectivity index (χ2v) is 7.22. The average molecular weight is 369 g/mol. The molecular weight excluding hydrogens is 338 g/mol. The van der Waals surface area contributed by atoms with Crippen molar-refractivity contribution in [1.82, 2.24) is 5.32 Å². The minimum atomic E-state index is 0.0886. The van der Waals surface area contributed by atoms with Gasteiger partial charge in [0.1, 0.15) is 5.75 Å². The third kappa shape index (κ3) is 5.23. The van der Waals surface area contributed by atoms with E-state index in [-0.39, 0.29) is 11.9 Å². The summed E-state index contributed by atoms with van der Waals surface area (Å²) < 4.78 is 0. The van der Waals surface area contributed by atoms with E-state index < -0.39 is 0 Å². The number of para-hydroxylation sites is 2. The molecule has 0 unspecified atom stereocenters. The number of phenolic OH excluding ortho intramolecular Hbond substituents is 1. The van der Waals surface area contributed by atoms with Gasteiger partial charge in [0.2, 0.25) is 0 Å². The molecule has 3 rings (SSSR count). The normalized spacial score (nSPS) is 16.1. The molecule has 1 aliphatic rings. The van der Waals surface area contributed by atoms with Gasteiger partial charge in [0.25, 0.3) is 5.91 Å². The first-order chi connectivity index (χ1) is 13.2. The predicted octanol–water partition coefficient (Wildman–Crippen LogP) is 1.75. The first-order valence-electron chi connectivity index (χ1n) is 9.88.